The first-order chi connectivity index (χ1) is 9.11. The number of aromatic nitrogens is 1. The highest BCUT2D eigenvalue weighted by molar-refractivity contribution is 9.10. The van der Waals surface area contributed by atoms with Crippen LogP contribution in [0.5, 0.6) is 0 Å². The number of hydrogen-bond acceptors (Lipinski definition) is 4. The zero-order valence-electron chi connectivity index (χ0n) is 9.65. The summed E-state index contributed by atoms with van der Waals surface area (Å²) in [5.41, 5.74) is 7.97. The molecule has 0 aliphatic rings. The van der Waals surface area contributed by atoms with E-state index >= 15 is 0 Å². The van der Waals surface area contributed by atoms with Crippen LogP contribution in [0.1, 0.15) is 0 Å². The Morgan fingerprint density at radius 1 is 1.21 bits per heavy atom. The van der Waals surface area contributed by atoms with Gasteiger partial charge in [-0.1, -0.05) is 11.3 Å². The van der Waals surface area contributed by atoms with E-state index in [1.807, 2.05) is 18.2 Å². The molecule has 0 radical (unpaired) electrons. The fourth-order valence-electron chi connectivity index (χ4n) is 1.69. The lowest BCUT2D eigenvalue weighted by Gasteiger charge is -2.02. The number of fused-ring (bicyclic) bond motifs is 1. The molecule has 6 heteroatoms. The number of benzene rings is 2. The van der Waals surface area contributed by atoms with Crippen molar-refractivity contribution in [1.82, 2.24) is 4.98 Å². The van der Waals surface area contributed by atoms with Crippen LogP contribution >= 0.6 is 27.3 Å². The highest BCUT2D eigenvalue weighted by Gasteiger charge is 2.06. The second-order valence-corrected chi connectivity index (χ2v) is 5.89. The number of thiazole rings is 1. The molecule has 2 aromatic carbocycles. The first-order valence-electron chi connectivity index (χ1n) is 5.50. The van der Waals surface area contributed by atoms with Gasteiger partial charge in [0.15, 0.2) is 5.13 Å². The topological polar surface area (TPSA) is 50.9 Å². The quantitative estimate of drug-likeness (QED) is 0.675. The third-order valence-corrected chi connectivity index (χ3v) is 4.16. The lowest BCUT2D eigenvalue weighted by atomic mass is 10.3. The Hall–Kier alpha value is -1.66. The van der Waals surface area contributed by atoms with Crippen molar-refractivity contribution < 1.29 is 4.39 Å². The van der Waals surface area contributed by atoms with Crippen LogP contribution in [-0.4, -0.2) is 4.98 Å². The number of nitrogen functional groups attached to an aromatic ring is 1. The largest absolute Gasteiger partial charge is 0.399 e. The lowest BCUT2D eigenvalue weighted by Crippen LogP contribution is -1.90. The van der Waals surface area contributed by atoms with Crippen molar-refractivity contribution in [3.05, 3.63) is 46.7 Å². The zero-order chi connectivity index (χ0) is 13.4. The molecule has 96 valence electrons. The first-order valence-corrected chi connectivity index (χ1v) is 7.11. The smallest absolute Gasteiger partial charge is 0.188 e. The summed E-state index contributed by atoms with van der Waals surface area (Å²) in [4.78, 5) is 4.42. The second-order valence-electron chi connectivity index (χ2n) is 4.00. The molecule has 0 atom stereocenters. The molecule has 0 aliphatic heterocycles. The van der Waals surface area contributed by atoms with Crippen LogP contribution in [0, 0.1) is 5.82 Å². The van der Waals surface area contributed by atoms with E-state index in [9.17, 15) is 4.39 Å². The van der Waals surface area contributed by atoms with Crippen LogP contribution < -0.4 is 11.1 Å². The lowest BCUT2D eigenvalue weighted by molar-refractivity contribution is 0.622. The van der Waals surface area contributed by atoms with Gasteiger partial charge in [-0.05, 0) is 52.3 Å². The maximum absolute atomic E-state index is 13.4. The molecule has 0 fully saturated rings. The fraction of sp³-hybridized carbons (Fsp3) is 0. The van der Waals surface area contributed by atoms with E-state index in [-0.39, 0.29) is 5.82 Å². The van der Waals surface area contributed by atoms with Gasteiger partial charge in [-0.2, -0.15) is 0 Å². The summed E-state index contributed by atoms with van der Waals surface area (Å²) in [6, 6.07) is 10.4. The molecule has 1 heterocycles. The van der Waals surface area contributed by atoms with E-state index in [4.69, 9.17) is 5.73 Å². The molecule has 3 N–H and O–H groups in total. The number of nitrogens with zero attached hydrogens (tertiary/aromatic N) is 1. The van der Waals surface area contributed by atoms with Crippen LogP contribution in [0.3, 0.4) is 0 Å². The number of anilines is 3. The number of halogens is 2. The third-order valence-electron chi connectivity index (χ3n) is 2.58. The second kappa shape index (κ2) is 4.79. The highest BCUT2D eigenvalue weighted by atomic mass is 79.9. The number of hydrogen-bond donors (Lipinski definition) is 2. The summed E-state index contributed by atoms with van der Waals surface area (Å²) in [5, 5.41) is 3.80. The predicted octanol–water partition coefficient (Wildman–Crippen LogP) is 4.52. The summed E-state index contributed by atoms with van der Waals surface area (Å²) in [7, 11) is 0. The Balaban J connectivity index is 1.94. The normalized spacial score (nSPS) is 10.8. The van der Waals surface area contributed by atoms with E-state index in [0.717, 1.165) is 10.2 Å². The van der Waals surface area contributed by atoms with E-state index in [0.29, 0.717) is 21.0 Å². The molecular weight excluding hydrogens is 329 g/mol. The molecule has 0 saturated heterocycles. The Morgan fingerprint density at radius 2 is 2.05 bits per heavy atom. The molecule has 0 unspecified atom stereocenters. The molecule has 3 aromatic rings. The fourth-order valence-corrected chi connectivity index (χ4v) is 2.87. The Kier molecular flexibility index (Phi) is 3.12. The minimum Gasteiger partial charge on any atom is -0.399 e. The molecule has 3 nitrogen and oxygen atoms in total. The molecule has 3 rings (SSSR count). The summed E-state index contributed by atoms with van der Waals surface area (Å²) >= 11 is 4.60. The highest BCUT2D eigenvalue weighted by Crippen LogP contribution is 2.30. The number of nitrogens with two attached hydrogens (primary N) is 1. The summed E-state index contributed by atoms with van der Waals surface area (Å²) in [5.74, 6) is -0.310. The van der Waals surface area contributed by atoms with Crippen molar-refractivity contribution in [2.24, 2.45) is 0 Å². The van der Waals surface area contributed by atoms with E-state index in [2.05, 4.69) is 26.2 Å². The standard InChI is InChI=1S/C13H9BrFN3S/c14-9-3-2-8(6-10(9)15)17-13-18-11-4-1-7(16)5-12(11)19-13/h1-6H,16H2,(H,17,18). The van der Waals surface area contributed by atoms with E-state index in [1.54, 1.807) is 12.1 Å². The minimum absolute atomic E-state index is 0.310. The van der Waals surface area contributed by atoms with Crippen molar-refractivity contribution in [3.63, 3.8) is 0 Å². The van der Waals surface area contributed by atoms with E-state index < -0.39 is 0 Å². The average molecular weight is 338 g/mol. The van der Waals surface area contributed by atoms with Crippen molar-refractivity contribution in [1.29, 1.82) is 0 Å². The van der Waals surface area contributed by atoms with Gasteiger partial charge < -0.3 is 11.1 Å². The maximum atomic E-state index is 13.4. The van der Waals surface area contributed by atoms with Gasteiger partial charge in [0.2, 0.25) is 0 Å². The molecule has 0 bridgehead atoms. The molecule has 0 aliphatic carbocycles. The Labute approximate surface area is 121 Å². The monoisotopic (exact) mass is 337 g/mol. The third kappa shape index (κ3) is 2.54. The first kappa shape index (κ1) is 12.4. The van der Waals surface area contributed by atoms with Crippen molar-refractivity contribution >= 4 is 54.0 Å². The van der Waals surface area contributed by atoms with Gasteiger partial charge in [-0.15, -0.1) is 0 Å². The van der Waals surface area contributed by atoms with Gasteiger partial charge in [-0.25, -0.2) is 9.37 Å². The average Bonchev–Trinajstić information content (AvgIpc) is 2.75. The van der Waals surface area contributed by atoms with Gasteiger partial charge in [0.25, 0.3) is 0 Å². The Morgan fingerprint density at radius 3 is 2.84 bits per heavy atom. The summed E-state index contributed by atoms with van der Waals surface area (Å²) in [6.07, 6.45) is 0. The van der Waals surface area contributed by atoms with Gasteiger partial charge in [0, 0.05) is 11.4 Å². The van der Waals surface area contributed by atoms with Gasteiger partial charge >= 0.3 is 0 Å². The van der Waals surface area contributed by atoms with Crippen LogP contribution in [0.4, 0.5) is 20.9 Å². The SMILES string of the molecule is Nc1ccc2nc(Nc3ccc(Br)c(F)c3)sc2c1. The van der Waals surface area contributed by atoms with Crippen LogP contribution in [0.15, 0.2) is 40.9 Å². The van der Waals surface area contributed by atoms with Crippen LogP contribution in [0.25, 0.3) is 10.2 Å². The molecule has 19 heavy (non-hydrogen) atoms. The number of nitrogens with one attached hydrogen (secondary N) is 1. The van der Waals surface area contributed by atoms with Crippen molar-refractivity contribution in [2.45, 2.75) is 0 Å². The predicted molar refractivity (Wildman–Crippen MR) is 81.4 cm³/mol. The molecule has 0 amide bonds. The molecule has 0 saturated carbocycles. The minimum atomic E-state index is -0.310. The zero-order valence-corrected chi connectivity index (χ0v) is 12.1. The van der Waals surface area contributed by atoms with Crippen LogP contribution in [-0.2, 0) is 0 Å². The maximum Gasteiger partial charge on any atom is 0.188 e. The molecule has 0 spiro atoms. The van der Waals surface area contributed by atoms with Gasteiger partial charge in [0.1, 0.15) is 5.82 Å². The van der Waals surface area contributed by atoms with Crippen molar-refractivity contribution in [3.8, 4) is 0 Å². The molecular formula is C13H9BrFN3S. The van der Waals surface area contributed by atoms with Gasteiger partial charge in [0.05, 0.1) is 14.7 Å². The summed E-state index contributed by atoms with van der Waals surface area (Å²) in [6.45, 7) is 0. The van der Waals surface area contributed by atoms with Gasteiger partial charge in [-0.3, -0.25) is 0 Å². The molecule has 1 aromatic heterocycles. The van der Waals surface area contributed by atoms with Crippen LogP contribution in [0.2, 0.25) is 0 Å². The summed E-state index contributed by atoms with van der Waals surface area (Å²) < 4.78 is 14.9. The van der Waals surface area contributed by atoms with E-state index in [1.165, 1.54) is 17.4 Å². The van der Waals surface area contributed by atoms with Crippen molar-refractivity contribution in [2.75, 3.05) is 11.1 Å². The number of rotatable bonds is 2. The Bertz CT molecular complexity index is 757.